The molecule has 7 heteroatoms. The number of carbonyl (C=O) groups excluding carboxylic acids is 3. The van der Waals surface area contributed by atoms with Gasteiger partial charge in [-0.15, -0.1) is 0 Å². The molecule has 1 aliphatic heterocycles. The molecule has 1 saturated heterocycles. The highest BCUT2D eigenvalue weighted by Crippen LogP contribution is 2.28. The van der Waals surface area contributed by atoms with E-state index in [2.05, 4.69) is 26.8 Å². The highest BCUT2D eigenvalue weighted by atomic mass is 79.9. The van der Waals surface area contributed by atoms with Crippen LogP contribution in [0, 0.1) is 19.8 Å². The number of rotatable bonds is 3. The summed E-state index contributed by atoms with van der Waals surface area (Å²) in [4.78, 5) is 38.5. The van der Waals surface area contributed by atoms with Crippen molar-refractivity contribution < 1.29 is 14.4 Å². The molecule has 0 radical (unpaired) electrons. The molecule has 0 aromatic heterocycles. The molecule has 140 valence electrons. The number of aryl methyl sites for hydroxylation is 2. The van der Waals surface area contributed by atoms with Crippen molar-refractivity contribution in [1.82, 2.24) is 10.9 Å². The van der Waals surface area contributed by atoms with Gasteiger partial charge in [-0.25, -0.2) is 0 Å². The van der Waals surface area contributed by atoms with Crippen LogP contribution in [0.2, 0.25) is 0 Å². The van der Waals surface area contributed by atoms with E-state index in [0.29, 0.717) is 5.56 Å². The van der Waals surface area contributed by atoms with Crippen molar-refractivity contribution in [3.63, 3.8) is 0 Å². The molecule has 0 saturated carbocycles. The summed E-state index contributed by atoms with van der Waals surface area (Å²) in [6.07, 6.45) is 0.112. The van der Waals surface area contributed by atoms with Crippen LogP contribution in [-0.2, 0) is 9.59 Å². The van der Waals surface area contributed by atoms with Gasteiger partial charge in [0.15, 0.2) is 0 Å². The zero-order valence-electron chi connectivity index (χ0n) is 15.1. The first-order valence-corrected chi connectivity index (χ1v) is 9.38. The lowest BCUT2D eigenvalue weighted by Crippen LogP contribution is -2.45. The van der Waals surface area contributed by atoms with E-state index in [9.17, 15) is 14.4 Å². The van der Waals surface area contributed by atoms with E-state index in [1.807, 2.05) is 44.2 Å². The van der Waals surface area contributed by atoms with Crippen LogP contribution in [0.3, 0.4) is 0 Å². The Labute approximate surface area is 166 Å². The van der Waals surface area contributed by atoms with Crippen LogP contribution >= 0.6 is 15.9 Å². The largest absolute Gasteiger partial charge is 0.312 e. The second kappa shape index (κ2) is 7.92. The topological polar surface area (TPSA) is 78.5 Å². The van der Waals surface area contributed by atoms with E-state index in [-0.39, 0.29) is 30.7 Å². The van der Waals surface area contributed by atoms with Crippen LogP contribution in [0.15, 0.2) is 46.9 Å². The third-order valence-corrected chi connectivity index (χ3v) is 5.53. The highest BCUT2D eigenvalue weighted by molar-refractivity contribution is 9.10. The van der Waals surface area contributed by atoms with E-state index in [1.165, 1.54) is 0 Å². The molecule has 1 atom stereocenters. The van der Waals surface area contributed by atoms with Crippen molar-refractivity contribution in [3.8, 4) is 0 Å². The monoisotopic (exact) mass is 429 g/mol. The van der Waals surface area contributed by atoms with Gasteiger partial charge in [-0.2, -0.15) is 0 Å². The van der Waals surface area contributed by atoms with Gasteiger partial charge < -0.3 is 4.90 Å². The average Bonchev–Trinajstić information content (AvgIpc) is 3.04. The number of nitrogens with zero attached hydrogens (tertiary/aromatic N) is 1. The molecule has 1 heterocycles. The molecule has 0 bridgehead atoms. The highest BCUT2D eigenvalue weighted by Gasteiger charge is 2.35. The standard InChI is InChI=1S/C20H20BrN3O3/c1-12-5-3-4-6-16(12)20(27)23-22-19(26)14-10-18(25)24(11-14)15-7-8-17(21)13(2)9-15/h3-9,14H,10-11H2,1-2H3,(H,22,26)(H,23,27). The minimum absolute atomic E-state index is 0.109. The Balaban J connectivity index is 1.61. The molecule has 0 spiro atoms. The van der Waals surface area contributed by atoms with E-state index in [0.717, 1.165) is 21.3 Å². The molecule has 6 nitrogen and oxygen atoms in total. The van der Waals surface area contributed by atoms with Crippen molar-refractivity contribution in [1.29, 1.82) is 0 Å². The molecule has 1 fully saturated rings. The molecule has 2 N–H and O–H groups in total. The maximum Gasteiger partial charge on any atom is 0.269 e. The van der Waals surface area contributed by atoms with Crippen molar-refractivity contribution in [3.05, 3.63) is 63.6 Å². The number of benzene rings is 2. The summed E-state index contributed by atoms with van der Waals surface area (Å²) in [5, 5.41) is 0. The molecule has 2 aromatic carbocycles. The normalized spacial score (nSPS) is 16.3. The Kier molecular flexibility index (Phi) is 5.60. The van der Waals surface area contributed by atoms with Gasteiger partial charge in [0.1, 0.15) is 0 Å². The number of nitrogens with one attached hydrogen (secondary N) is 2. The number of anilines is 1. The smallest absolute Gasteiger partial charge is 0.269 e. The van der Waals surface area contributed by atoms with Crippen LogP contribution in [0.1, 0.15) is 27.9 Å². The van der Waals surface area contributed by atoms with Crippen LogP contribution in [-0.4, -0.2) is 24.3 Å². The van der Waals surface area contributed by atoms with Gasteiger partial charge in [0.25, 0.3) is 5.91 Å². The van der Waals surface area contributed by atoms with Crippen molar-refractivity contribution in [2.75, 3.05) is 11.4 Å². The zero-order chi connectivity index (χ0) is 19.6. The van der Waals surface area contributed by atoms with Crippen LogP contribution in [0.25, 0.3) is 0 Å². The summed E-state index contributed by atoms with van der Waals surface area (Å²) in [6.45, 7) is 4.05. The Bertz CT molecular complexity index is 913. The first-order chi connectivity index (χ1) is 12.9. The lowest BCUT2D eigenvalue weighted by Gasteiger charge is -2.18. The molecule has 2 aromatic rings. The summed E-state index contributed by atoms with van der Waals surface area (Å²) in [5.41, 5.74) is 7.95. The molecular formula is C20H20BrN3O3. The molecular weight excluding hydrogens is 410 g/mol. The van der Waals surface area contributed by atoms with Crippen LogP contribution in [0.4, 0.5) is 5.69 Å². The van der Waals surface area contributed by atoms with Gasteiger partial charge in [0.2, 0.25) is 11.8 Å². The molecule has 1 unspecified atom stereocenters. The van der Waals surface area contributed by atoms with Crippen molar-refractivity contribution in [2.24, 2.45) is 5.92 Å². The lowest BCUT2D eigenvalue weighted by molar-refractivity contribution is -0.126. The molecule has 0 aliphatic carbocycles. The van der Waals surface area contributed by atoms with E-state index in [4.69, 9.17) is 0 Å². The molecule has 3 rings (SSSR count). The van der Waals surface area contributed by atoms with E-state index < -0.39 is 5.92 Å². The number of halogens is 1. The van der Waals surface area contributed by atoms with Gasteiger partial charge in [0.05, 0.1) is 5.92 Å². The van der Waals surface area contributed by atoms with Crippen molar-refractivity contribution >= 4 is 39.3 Å². The molecule has 1 aliphatic rings. The quantitative estimate of drug-likeness (QED) is 0.736. The van der Waals surface area contributed by atoms with Gasteiger partial charge >= 0.3 is 0 Å². The van der Waals surface area contributed by atoms with Gasteiger partial charge in [-0.05, 0) is 49.2 Å². The Hall–Kier alpha value is -2.67. The number of hydrazine groups is 1. The summed E-state index contributed by atoms with van der Waals surface area (Å²) >= 11 is 3.44. The van der Waals surface area contributed by atoms with Gasteiger partial charge in [-0.3, -0.25) is 25.2 Å². The minimum Gasteiger partial charge on any atom is -0.312 e. The fourth-order valence-corrected chi connectivity index (χ4v) is 3.29. The maximum absolute atomic E-state index is 12.4. The van der Waals surface area contributed by atoms with Crippen molar-refractivity contribution in [2.45, 2.75) is 20.3 Å². The second-order valence-electron chi connectivity index (χ2n) is 6.60. The SMILES string of the molecule is Cc1cc(N2CC(C(=O)NNC(=O)c3ccccc3C)CC2=O)ccc1Br. The fourth-order valence-electron chi connectivity index (χ4n) is 3.04. The maximum atomic E-state index is 12.4. The zero-order valence-corrected chi connectivity index (χ0v) is 16.7. The third-order valence-electron chi connectivity index (χ3n) is 4.64. The number of carbonyl (C=O) groups is 3. The predicted molar refractivity (Wildman–Crippen MR) is 106 cm³/mol. The molecule has 27 heavy (non-hydrogen) atoms. The Morgan fingerprint density at radius 1 is 1.07 bits per heavy atom. The lowest BCUT2D eigenvalue weighted by atomic mass is 10.1. The van der Waals surface area contributed by atoms with Gasteiger partial charge in [0, 0.05) is 28.7 Å². The minimum atomic E-state index is -0.515. The number of hydrogen-bond donors (Lipinski definition) is 2. The number of hydrogen-bond acceptors (Lipinski definition) is 3. The van der Waals surface area contributed by atoms with E-state index >= 15 is 0 Å². The van der Waals surface area contributed by atoms with E-state index in [1.54, 1.807) is 17.0 Å². The summed E-state index contributed by atoms with van der Waals surface area (Å²) in [5.74, 6) is -1.38. The Morgan fingerprint density at radius 3 is 2.52 bits per heavy atom. The van der Waals surface area contributed by atoms with Gasteiger partial charge in [-0.1, -0.05) is 34.1 Å². The third kappa shape index (κ3) is 4.19. The van der Waals surface area contributed by atoms with Crippen LogP contribution < -0.4 is 15.8 Å². The molecule has 3 amide bonds. The first kappa shape index (κ1) is 19.1. The number of amides is 3. The Morgan fingerprint density at radius 2 is 1.81 bits per heavy atom. The second-order valence-corrected chi connectivity index (χ2v) is 7.45. The summed E-state index contributed by atoms with van der Waals surface area (Å²) < 4.78 is 0.964. The first-order valence-electron chi connectivity index (χ1n) is 8.59. The average molecular weight is 430 g/mol. The summed E-state index contributed by atoms with van der Waals surface area (Å²) in [7, 11) is 0. The fraction of sp³-hybridized carbons (Fsp3) is 0.250. The van der Waals surface area contributed by atoms with Crippen LogP contribution in [0.5, 0.6) is 0 Å². The summed E-state index contributed by atoms with van der Waals surface area (Å²) in [6, 6.07) is 12.7. The predicted octanol–water partition coefficient (Wildman–Crippen LogP) is 2.88.